The minimum absolute atomic E-state index is 0.300. The van der Waals surface area contributed by atoms with Crippen LogP contribution in [0.1, 0.15) is 24.2 Å². The van der Waals surface area contributed by atoms with Crippen molar-refractivity contribution in [2.24, 2.45) is 0 Å². The number of carbonyl (C=O) groups excluding carboxylic acids is 1. The molecule has 0 bridgehead atoms. The summed E-state index contributed by atoms with van der Waals surface area (Å²) in [6, 6.07) is 4.55. The van der Waals surface area contributed by atoms with Crippen molar-refractivity contribution in [3.8, 4) is 0 Å². The van der Waals surface area contributed by atoms with E-state index in [0.717, 1.165) is 4.31 Å². The third kappa shape index (κ3) is 1.93. The highest BCUT2D eigenvalue weighted by Gasteiger charge is 2.37. The first-order chi connectivity index (χ1) is 7.84. The molecule has 1 aromatic carbocycles. The van der Waals surface area contributed by atoms with Crippen molar-refractivity contribution >= 4 is 37.7 Å². The van der Waals surface area contributed by atoms with E-state index in [1.54, 1.807) is 32.0 Å². The van der Waals surface area contributed by atoms with Gasteiger partial charge in [-0.15, -0.1) is 0 Å². The van der Waals surface area contributed by atoms with E-state index in [-0.39, 0.29) is 0 Å². The Labute approximate surface area is 108 Å². The van der Waals surface area contributed by atoms with Crippen LogP contribution < -0.4 is 4.72 Å². The van der Waals surface area contributed by atoms with Gasteiger partial charge in [-0.2, -0.15) is 8.42 Å². The molecule has 0 saturated carbocycles. The molecule has 1 aliphatic heterocycles. The number of nitrogens with zero attached hydrogens (tertiary/aromatic N) is 1. The van der Waals surface area contributed by atoms with Gasteiger partial charge in [0, 0.05) is 10.5 Å². The molecule has 0 aromatic heterocycles. The summed E-state index contributed by atoms with van der Waals surface area (Å²) in [5, 5.41) is 0. The molecule has 7 heteroatoms. The number of hydrogen-bond acceptors (Lipinski definition) is 3. The Morgan fingerprint density at radius 3 is 2.59 bits per heavy atom. The number of anilines is 1. The van der Waals surface area contributed by atoms with Crippen LogP contribution in [0.5, 0.6) is 0 Å². The highest BCUT2D eigenvalue weighted by Crippen LogP contribution is 2.33. The molecule has 17 heavy (non-hydrogen) atoms. The summed E-state index contributed by atoms with van der Waals surface area (Å²) in [7, 11) is -3.80. The van der Waals surface area contributed by atoms with Gasteiger partial charge in [0.15, 0.2) is 0 Å². The normalized spacial score (nSPS) is 17.9. The van der Waals surface area contributed by atoms with Gasteiger partial charge in [0.05, 0.1) is 11.3 Å². The number of rotatable bonds is 1. The maximum Gasteiger partial charge on any atom is 0.326 e. The van der Waals surface area contributed by atoms with Crippen LogP contribution in [0.15, 0.2) is 22.7 Å². The fraction of sp³-hybridized carbons (Fsp3) is 0.300. The van der Waals surface area contributed by atoms with Gasteiger partial charge in [-0.3, -0.25) is 9.52 Å². The van der Waals surface area contributed by atoms with E-state index in [9.17, 15) is 13.2 Å². The first-order valence-corrected chi connectivity index (χ1v) is 7.23. The number of para-hydroxylation sites is 1. The minimum Gasteiger partial charge on any atom is -0.268 e. The topological polar surface area (TPSA) is 66.5 Å². The number of hydrogen-bond donors (Lipinski definition) is 1. The predicted octanol–water partition coefficient (Wildman–Crippen LogP) is 1.97. The summed E-state index contributed by atoms with van der Waals surface area (Å²) >= 11 is 3.22. The predicted molar refractivity (Wildman–Crippen MR) is 68.0 cm³/mol. The van der Waals surface area contributed by atoms with Crippen LogP contribution in [0.3, 0.4) is 0 Å². The standard InChI is InChI=1S/C10H11BrN2O3S/c1-6(2)13-10(14)7-4-3-5-8(11)9(7)12-17(13,15)16/h3-6,12H,1-2H3. The zero-order valence-electron chi connectivity index (χ0n) is 9.27. The largest absolute Gasteiger partial charge is 0.326 e. The van der Waals surface area contributed by atoms with Crippen molar-refractivity contribution in [2.45, 2.75) is 19.9 Å². The zero-order chi connectivity index (χ0) is 12.8. The molecule has 0 aliphatic carbocycles. The molecule has 1 amide bonds. The summed E-state index contributed by atoms with van der Waals surface area (Å²) in [4.78, 5) is 12.1. The molecule has 0 radical (unpaired) electrons. The Kier molecular flexibility index (Phi) is 2.90. The smallest absolute Gasteiger partial charge is 0.268 e. The molecule has 0 unspecified atom stereocenters. The maximum atomic E-state index is 12.1. The molecule has 2 rings (SSSR count). The van der Waals surface area contributed by atoms with Crippen LogP contribution in [0.4, 0.5) is 5.69 Å². The van der Waals surface area contributed by atoms with Gasteiger partial charge in [-0.1, -0.05) is 6.07 Å². The molecule has 92 valence electrons. The summed E-state index contributed by atoms with van der Waals surface area (Å²) in [6.07, 6.45) is 0. The van der Waals surface area contributed by atoms with Gasteiger partial charge < -0.3 is 0 Å². The lowest BCUT2D eigenvalue weighted by molar-refractivity contribution is 0.0834. The Morgan fingerprint density at radius 2 is 2.00 bits per heavy atom. The van der Waals surface area contributed by atoms with E-state index < -0.39 is 22.2 Å². The lowest BCUT2D eigenvalue weighted by Gasteiger charge is -2.31. The zero-order valence-corrected chi connectivity index (χ0v) is 11.7. The monoisotopic (exact) mass is 318 g/mol. The number of halogens is 1. The molecule has 5 nitrogen and oxygen atoms in total. The average Bonchev–Trinajstić information content (AvgIpc) is 2.18. The fourth-order valence-corrected chi connectivity index (χ4v) is 3.77. The molecule has 1 aromatic rings. The minimum atomic E-state index is -3.80. The van der Waals surface area contributed by atoms with Crippen LogP contribution in [-0.4, -0.2) is 24.7 Å². The Hall–Kier alpha value is -1.08. The number of carbonyl (C=O) groups is 1. The second-order valence-electron chi connectivity index (χ2n) is 3.96. The highest BCUT2D eigenvalue weighted by molar-refractivity contribution is 9.10. The van der Waals surface area contributed by atoms with Crippen LogP contribution in [0, 0.1) is 0 Å². The number of amides is 1. The first kappa shape index (κ1) is 12.4. The van der Waals surface area contributed by atoms with Crippen LogP contribution in [0.25, 0.3) is 0 Å². The molecule has 0 fully saturated rings. The van der Waals surface area contributed by atoms with E-state index in [4.69, 9.17) is 0 Å². The first-order valence-electron chi connectivity index (χ1n) is 4.99. The second kappa shape index (κ2) is 3.99. The number of fused-ring (bicyclic) bond motifs is 1. The van der Waals surface area contributed by atoms with Gasteiger partial charge in [0.25, 0.3) is 5.91 Å². The van der Waals surface area contributed by atoms with Gasteiger partial charge >= 0.3 is 10.2 Å². The summed E-state index contributed by atoms with van der Waals surface area (Å²) in [5.74, 6) is -0.505. The Bertz CT molecular complexity index is 583. The molecule has 1 aliphatic rings. The second-order valence-corrected chi connectivity index (χ2v) is 6.37. The van der Waals surface area contributed by atoms with E-state index in [0.29, 0.717) is 15.7 Å². The molecule has 0 spiro atoms. The van der Waals surface area contributed by atoms with Gasteiger partial charge in [-0.05, 0) is 41.9 Å². The molecule has 1 N–H and O–H groups in total. The van der Waals surface area contributed by atoms with Gasteiger partial charge in [0.2, 0.25) is 0 Å². The quantitative estimate of drug-likeness (QED) is 0.860. The number of nitrogens with one attached hydrogen (secondary N) is 1. The lowest BCUT2D eigenvalue weighted by Crippen LogP contribution is -2.48. The molecular weight excluding hydrogens is 308 g/mol. The summed E-state index contributed by atoms with van der Waals surface area (Å²) in [5.41, 5.74) is 0.650. The van der Waals surface area contributed by atoms with Crippen molar-refractivity contribution in [1.29, 1.82) is 0 Å². The van der Waals surface area contributed by atoms with Crippen LogP contribution >= 0.6 is 15.9 Å². The summed E-state index contributed by atoms with van der Waals surface area (Å²) < 4.78 is 27.6. The Balaban J connectivity index is 2.66. The van der Waals surface area contributed by atoms with Crippen molar-refractivity contribution in [3.05, 3.63) is 28.2 Å². The van der Waals surface area contributed by atoms with Crippen molar-refractivity contribution in [1.82, 2.24) is 4.31 Å². The third-order valence-corrected chi connectivity index (χ3v) is 4.63. The van der Waals surface area contributed by atoms with Crippen LogP contribution in [0.2, 0.25) is 0 Å². The highest BCUT2D eigenvalue weighted by atomic mass is 79.9. The van der Waals surface area contributed by atoms with Crippen molar-refractivity contribution in [2.75, 3.05) is 4.72 Å². The fourth-order valence-electron chi connectivity index (χ4n) is 1.72. The van der Waals surface area contributed by atoms with Gasteiger partial charge in [-0.25, -0.2) is 4.31 Å². The molecule has 0 saturated heterocycles. The van der Waals surface area contributed by atoms with Gasteiger partial charge in [0.1, 0.15) is 0 Å². The third-order valence-electron chi connectivity index (χ3n) is 2.40. The van der Waals surface area contributed by atoms with E-state index >= 15 is 0 Å². The van der Waals surface area contributed by atoms with Crippen molar-refractivity contribution in [3.63, 3.8) is 0 Å². The number of benzene rings is 1. The SMILES string of the molecule is CC(C)N1C(=O)c2cccc(Br)c2NS1(=O)=O. The molecule has 1 heterocycles. The maximum absolute atomic E-state index is 12.1. The van der Waals surface area contributed by atoms with Crippen molar-refractivity contribution < 1.29 is 13.2 Å². The van der Waals surface area contributed by atoms with Crippen LogP contribution in [-0.2, 0) is 10.2 Å². The lowest BCUT2D eigenvalue weighted by atomic mass is 10.1. The Morgan fingerprint density at radius 1 is 1.35 bits per heavy atom. The molecule has 0 atom stereocenters. The van der Waals surface area contributed by atoms with E-state index in [1.165, 1.54) is 0 Å². The van der Waals surface area contributed by atoms with E-state index in [2.05, 4.69) is 20.7 Å². The van der Waals surface area contributed by atoms with E-state index in [1.807, 2.05) is 0 Å². The summed E-state index contributed by atoms with van der Waals surface area (Å²) in [6.45, 7) is 3.31. The molecular formula is C10H11BrN2O3S. The average molecular weight is 319 g/mol.